The summed E-state index contributed by atoms with van der Waals surface area (Å²) in [5, 5.41) is 3.72. The average Bonchev–Trinajstić information content (AvgIpc) is 2.67. The van der Waals surface area contributed by atoms with Gasteiger partial charge in [0.1, 0.15) is 11.5 Å². The second kappa shape index (κ2) is 10.9. The Bertz CT molecular complexity index is 745. The van der Waals surface area contributed by atoms with Crippen LogP contribution < -0.4 is 20.6 Å². The number of nitrogens with zero attached hydrogens (tertiary/aromatic N) is 1. The van der Waals surface area contributed by atoms with Gasteiger partial charge < -0.3 is 15.2 Å². The summed E-state index contributed by atoms with van der Waals surface area (Å²) in [7, 11) is 0. The number of carbonyl (C=O) groups is 1. The van der Waals surface area contributed by atoms with Crippen LogP contribution >= 0.6 is 0 Å². The largest absolute Gasteiger partial charge is 0.493 e. The van der Waals surface area contributed by atoms with Crippen LogP contribution in [-0.4, -0.2) is 25.5 Å². The van der Waals surface area contributed by atoms with Crippen LogP contribution in [0.25, 0.3) is 0 Å². The minimum absolute atomic E-state index is 0.547. The molecule has 1 atom stereocenters. The zero-order chi connectivity index (χ0) is 19.5. The molecule has 2 rings (SSSR count). The Hall–Kier alpha value is -3.02. The van der Waals surface area contributed by atoms with Crippen LogP contribution in [0.1, 0.15) is 43.7 Å². The topological polar surface area (TPSA) is 85.9 Å². The molecule has 0 aliphatic rings. The zero-order valence-corrected chi connectivity index (χ0v) is 15.9. The third-order valence-electron chi connectivity index (χ3n) is 4.13. The van der Waals surface area contributed by atoms with Crippen LogP contribution in [0.2, 0.25) is 0 Å². The summed E-state index contributed by atoms with van der Waals surface area (Å²) in [6.45, 7) is 5.55. The maximum absolute atomic E-state index is 10.6. The summed E-state index contributed by atoms with van der Waals surface area (Å²) in [6, 6.07) is 15.0. The monoisotopic (exact) mass is 369 g/mol. The van der Waals surface area contributed by atoms with E-state index < -0.39 is 6.03 Å². The summed E-state index contributed by atoms with van der Waals surface area (Å²) in [5.41, 5.74) is 9.24. The Morgan fingerprint density at radius 3 is 2.52 bits per heavy atom. The van der Waals surface area contributed by atoms with Gasteiger partial charge >= 0.3 is 6.03 Å². The molecule has 6 heteroatoms. The van der Waals surface area contributed by atoms with Gasteiger partial charge in [-0.05, 0) is 47.7 Å². The van der Waals surface area contributed by atoms with Gasteiger partial charge in [-0.2, -0.15) is 5.10 Å². The van der Waals surface area contributed by atoms with Gasteiger partial charge in [-0.1, -0.05) is 38.1 Å². The molecule has 0 radical (unpaired) electrons. The van der Waals surface area contributed by atoms with E-state index in [2.05, 4.69) is 36.5 Å². The molecule has 0 spiro atoms. The van der Waals surface area contributed by atoms with Crippen LogP contribution in [0.3, 0.4) is 0 Å². The molecule has 2 aromatic carbocycles. The van der Waals surface area contributed by atoms with E-state index >= 15 is 0 Å². The summed E-state index contributed by atoms with van der Waals surface area (Å²) >= 11 is 0. The fraction of sp³-hybridized carbons (Fsp3) is 0.333. The van der Waals surface area contributed by atoms with Crippen molar-refractivity contribution in [3.8, 4) is 11.5 Å². The van der Waals surface area contributed by atoms with E-state index in [1.165, 1.54) is 11.8 Å². The van der Waals surface area contributed by atoms with E-state index in [1.54, 1.807) is 0 Å². The number of hydrazone groups is 1. The van der Waals surface area contributed by atoms with Gasteiger partial charge in [0.2, 0.25) is 0 Å². The highest BCUT2D eigenvalue weighted by Gasteiger charge is 2.03. The molecule has 27 heavy (non-hydrogen) atoms. The van der Waals surface area contributed by atoms with Gasteiger partial charge in [0.05, 0.1) is 19.4 Å². The molecular formula is C21H27N3O3. The van der Waals surface area contributed by atoms with Gasteiger partial charge in [0.25, 0.3) is 0 Å². The highest BCUT2D eigenvalue weighted by Crippen LogP contribution is 2.21. The van der Waals surface area contributed by atoms with E-state index in [-0.39, 0.29) is 0 Å². The Morgan fingerprint density at radius 1 is 1.15 bits per heavy atom. The van der Waals surface area contributed by atoms with Crippen molar-refractivity contribution in [3.05, 3.63) is 59.7 Å². The molecule has 0 fully saturated rings. The van der Waals surface area contributed by atoms with Crippen LogP contribution in [0.15, 0.2) is 53.6 Å². The minimum Gasteiger partial charge on any atom is -0.493 e. The number of carbonyl (C=O) groups excluding carboxylic acids is 1. The van der Waals surface area contributed by atoms with Gasteiger partial charge in [0, 0.05) is 6.42 Å². The van der Waals surface area contributed by atoms with Crippen molar-refractivity contribution in [2.24, 2.45) is 10.8 Å². The Balaban J connectivity index is 1.71. The van der Waals surface area contributed by atoms with Crippen molar-refractivity contribution in [1.82, 2.24) is 5.43 Å². The van der Waals surface area contributed by atoms with Crippen molar-refractivity contribution in [2.45, 2.75) is 32.6 Å². The van der Waals surface area contributed by atoms with Crippen molar-refractivity contribution >= 4 is 12.2 Å². The SMILES string of the molecule is CCC(C)c1ccc(OCCCOc2cccc(C=NNC(N)=O)c2)cc1. The van der Waals surface area contributed by atoms with Crippen molar-refractivity contribution < 1.29 is 14.3 Å². The molecule has 0 aromatic heterocycles. The van der Waals surface area contributed by atoms with Crippen LogP contribution in [0.4, 0.5) is 4.79 Å². The van der Waals surface area contributed by atoms with Crippen LogP contribution in [0, 0.1) is 0 Å². The van der Waals surface area contributed by atoms with E-state index in [9.17, 15) is 4.79 Å². The van der Waals surface area contributed by atoms with Gasteiger partial charge in [0.15, 0.2) is 0 Å². The standard InChI is InChI=1S/C21H27N3O3/c1-3-16(2)18-8-10-19(11-9-18)26-12-5-13-27-20-7-4-6-17(14-20)15-23-24-21(22)25/h4,6-11,14-16H,3,5,12-13H2,1-2H3,(H3,22,24,25). The van der Waals surface area contributed by atoms with Gasteiger partial charge in [-0.15, -0.1) is 0 Å². The Kier molecular flexibility index (Phi) is 8.16. The lowest BCUT2D eigenvalue weighted by atomic mass is 9.99. The lowest BCUT2D eigenvalue weighted by Crippen LogP contribution is -2.24. The summed E-state index contributed by atoms with van der Waals surface area (Å²) in [4.78, 5) is 10.6. The number of nitrogens with one attached hydrogen (secondary N) is 1. The molecule has 0 heterocycles. The summed E-state index contributed by atoms with van der Waals surface area (Å²) in [6.07, 6.45) is 3.41. The number of benzene rings is 2. The Morgan fingerprint density at radius 2 is 1.85 bits per heavy atom. The van der Waals surface area contributed by atoms with E-state index in [1.807, 2.05) is 36.4 Å². The molecule has 3 N–H and O–H groups in total. The maximum atomic E-state index is 10.6. The predicted molar refractivity (Wildman–Crippen MR) is 108 cm³/mol. The summed E-state index contributed by atoms with van der Waals surface area (Å²) < 4.78 is 11.5. The normalized spacial score (nSPS) is 11.9. The molecular weight excluding hydrogens is 342 g/mol. The van der Waals surface area contributed by atoms with Gasteiger partial charge in [-0.3, -0.25) is 0 Å². The van der Waals surface area contributed by atoms with E-state index in [4.69, 9.17) is 15.2 Å². The average molecular weight is 369 g/mol. The second-order valence-corrected chi connectivity index (χ2v) is 6.24. The second-order valence-electron chi connectivity index (χ2n) is 6.24. The van der Waals surface area contributed by atoms with Crippen LogP contribution in [0.5, 0.6) is 11.5 Å². The highest BCUT2D eigenvalue weighted by atomic mass is 16.5. The number of urea groups is 1. The first kappa shape index (κ1) is 20.3. The smallest absolute Gasteiger partial charge is 0.332 e. The van der Waals surface area contributed by atoms with Crippen LogP contribution in [-0.2, 0) is 0 Å². The fourth-order valence-corrected chi connectivity index (χ4v) is 2.42. The first-order chi connectivity index (χ1) is 13.1. The lowest BCUT2D eigenvalue weighted by molar-refractivity contribution is 0.247. The number of ether oxygens (including phenoxy) is 2. The minimum atomic E-state index is -0.701. The third-order valence-corrected chi connectivity index (χ3v) is 4.13. The molecule has 0 aliphatic heterocycles. The number of hydrogen-bond donors (Lipinski definition) is 2. The van der Waals surface area contributed by atoms with E-state index in [0.29, 0.717) is 19.1 Å². The number of amides is 2. The molecule has 0 saturated heterocycles. The summed E-state index contributed by atoms with van der Waals surface area (Å²) in [5.74, 6) is 2.18. The lowest BCUT2D eigenvalue weighted by Gasteiger charge is -2.11. The molecule has 144 valence electrons. The molecule has 6 nitrogen and oxygen atoms in total. The molecule has 2 aromatic rings. The number of primary amides is 1. The number of rotatable bonds is 10. The van der Waals surface area contributed by atoms with Crippen molar-refractivity contribution in [2.75, 3.05) is 13.2 Å². The van der Waals surface area contributed by atoms with Crippen molar-refractivity contribution in [3.63, 3.8) is 0 Å². The fourth-order valence-electron chi connectivity index (χ4n) is 2.42. The first-order valence-electron chi connectivity index (χ1n) is 9.12. The number of hydrogen-bond acceptors (Lipinski definition) is 4. The van der Waals surface area contributed by atoms with E-state index in [0.717, 1.165) is 29.9 Å². The predicted octanol–water partition coefficient (Wildman–Crippen LogP) is 4.05. The number of nitrogens with two attached hydrogens (primary N) is 1. The highest BCUT2D eigenvalue weighted by molar-refractivity contribution is 5.81. The third kappa shape index (κ3) is 7.40. The quantitative estimate of drug-likeness (QED) is 0.376. The maximum Gasteiger partial charge on any atom is 0.332 e. The zero-order valence-electron chi connectivity index (χ0n) is 15.9. The molecule has 0 aliphatic carbocycles. The molecule has 2 amide bonds. The Labute approximate surface area is 160 Å². The first-order valence-corrected chi connectivity index (χ1v) is 9.12. The van der Waals surface area contributed by atoms with Gasteiger partial charge in [-0.25, -0.2) is 10.2 Å². The van der Waals surface area contributed by atoms with Crippen molar-refractivity contribution in [1.29, 1.82) is 0 Å². The molecule has 0 saturated carbocycles. The molecule has 1 unspecified atom stereocenters. The molecule has 0 bridgehead atoms.